The van der Waals surface area contributed by atoms with Crippen molar-refractivity contribution in [2.75, 3.05) is 0 Å². The summed E-state index contributed by atoms with van der Waals surface area (Å²) in [4.78, 5) is 11.2. The number of furan rings is 1. The van der Waals surface area contributed by atoms with E-state index >= 15 is 0 Å². The highest BCUT2D eigenvalue weighted by atomic mass is 16.3. The van der Waals surface area contributed by atoms with Gasteiger partial charge < -0.3 is 8.82 Å². The van der Waals surface area contributed by atoms with Crippen molar-refractivity contribution in [2.24, 2.45) is 0 Å². The molecule has 6 heterocycles. The molecule has 6 heteroatoms. The summed E-state index contributed by atoms with van der Waals surface area (Å²) in [7, 11) is 0. The Bertz CT molecular complexity index is 3960. The standard InChI is InChI=1S/C50H27N5O/c1-2-14-29-28(13-1)25-26-35-43-41(27-36-32-17-5-8-20-37(32)53-40-23-11-6-18-33(40)44(43)47(36)53)55(46(29)35)50-51-45-34-19-7-12-24-42(34)56-48(45)49(52-50)54-38-21-9-3-15-30(38)31-16-4-10-22-39(31)54/h1-27H. The first-order chi connectivity index (χ1) is 27.8. The number of rotatable bonds is 2. The third kappa shape index (κ3) is 3.39. The normalized spacial score (nSPS) is 12.6. The van der Waals surface area contributed by atoms with Gasteiger partial charge in [0.2, 0.25) is 5.95 Å². The van der Waals surface area contributed by atoms with E-state index in [1.807, 2.05) is 12.1 Å². The second-order valence-corrected chi connectivity index (χ2v) is 14.9. The zero-order valence-electron chi connectivity index (χ0n) is 29.7. The molecule has 0 unspecified atom stereocenters. The predicted octanol–water partition coefficient (Wildman–Crippen LogP) is 12.9. The molecule has 0 radical (unpaired) electrons. The number of nitrogens with zero attached hydrogens (tertiary/aromatic N) is 5. The molecule has 0 aliphatic heterocycles. The Morgan fingerprint density at radius 1 is 0.393 bits per heavy atom. The Morgan fingerprint density at radius 3 is 1.73 bits per heavy atom. The van der Waals surface area contributed by atoms with Crippen LogP contribution in [0.15, 0.2) is 168 Å². The van der Waals surface area contributed by atoms with Crippen molar-refractivity contribution in [1.29, 1.82) is 0 Å². The molecule has 258 valence electrons. The Labute approximate surface area is 317 Å². The molecule has 0 N–H and O–H groups in total. The van der Waals surface area contributed by atoms with E-state index in [-0.39, 0.29) is 0 Å². The van der Waals surface area contributed by atoms with Crippen LogP contribution in [0.2, 0.25) is 0 Å². The fourth-order valence-corrected chi connectivity index (χ4v) is 9.95. The maximum absolute atomic E-state index is 6.74. The van der Waals surface area contributed by atoms with Gasteiger partial charge in [-0.2, -0.15) is 4.98 Å². The number of hydrogen-bond acceptors (Lipinski definition) is 3. The van der Waals surface area contributed by atoms with Gasteiger partial charge in [-0.05, 0) is 47.9 Å². The highest BCUT2D eigenvalue weighted by Gasteiger charge is 2.28. The molecule has 8 aromatic carbocycles. The fraction of sp³-hybridized carbons (Fsp3) is 0. The zero-order chi connectivity index (χ0) is 36.2. The van der Waals surface area contributed by atoms with Crippen molar-refractivity contribution in [3.05, 3.63) is 164 Å². The topological polar surface area (TPSA) is 53.2 Å². The van der Waals surface area contributed by atoms with Gasteiger partial charge in [-0.25, -0.2) is 4.98 Å². The first-order valence-electron chi connectivity index (χ1n) is 19.0. The summed E-state index contributed by atoms with van der Waals surface area (Å²) >= 11 is 0. The zero-order valence-corrected chi connectivity index (χ0v) is 29.7. The molecular weight excluding hydrogens is 687 g/mol. The average molecular weight is 714 g/mol. The van der Waals surface area contributed by atoms with Crippen LogP contribution in [0.25, 0.3) is 126 Å². The molecule has 0 saturated carbocycles. The minimum Gasteiger partial charge on any atom is -0.450 e. The van der Waals surface area contributed by atoms with E-state index in [4.69, 9.17) is 14.4 Å². The van der Waals surface area contributed by atoms with Crippen molar-refractivity contribution in [3.63, 3.8) is 0 Å². The second-order valence-electron chi connectivity index (χ2n) is 14.9. The van der Waals surface area contributed by atoms with Crippen molar-refractivity contribution in [3.8, 4) is 11.8 Å². The van der Waals surface area contributed by atoms with Crippen LogP contribution in [-0.2, 0) is 0 Å². The van der Waals surface area contributed by atoms with E-state index < -0.39 is 0 Å². The Hall–Kier alpha value is -7.70. The molecule has 0 amide bonds. The third-order valence-electron chi connectivity index (χ3n) is 12.2. The summed E-state index contributed by atoms with van der Waals surface area (Å²) in [5.74, 6) is 1.31. The van der Waals surface area contributed by atoms with Crippen LogP contribution < -0.4 is 0 Å². The van der Waals surface area contributed by atoms with Crippen molar-refractivity contribution < 1.29 is 4.42 Å². The van der Waals surface area contributed by atoms with E-state index in [1.54, 1.807) is 0 Å². The van der Waals surface area contributed by atoms with Gasteiger partial charge in [-0.3, -0.25) is 9.13 Å². The summed E-state index contributed by atoms with van der Waals surface area (Å²) in [6, 6.07) is 58.5. The van der Waals surface area contributed by atoms with Crippen LogP contribution in [0.4, 0.5) is 0 Å². The lowest BCUT2D eigenvalue weighted by Crippen LogP contribution is -2.07. The van der Waals surface area contributed by atoms with Gasteiger partial charge in [0.25, 0.3) is 0 Å². The summed E-state index contributed by atoms with van der Waals surface area (Å²) in [5.41, 5.74) is 10.2. The third-order valence-corrected chi connectivity index (χ3v) is 12.2. The molecule has 0 saturated heterocycles. The summed E-state index contributed by atoms with van der Waals surface area (Å²) < 4.78 is 13.8. The number of benzene rings is 8. The molecular formula is C50H27N5O. The van der Waals surface area contributed by atoms with E-state index in [0.717, 1.165) is 60.1 Å². The number of fused-ring (bicyclic) bond motifs is 18. The molecule has 14 aromatic rings. The second kappa shape index (κ2) is 10.1. The van der Waals surface area contributed by atoms with Crippen LogP contribution in [0.5, 0.6) is 0 Å². The maximum atomic E-state index is 6.74. The SMILES string of the molecule is c1ccc2c(c1)ccc1c3c4c5ccccc5n5c6ccccc6c(cc3n(-c3nc(-n6c7ccccc7c7ccccc76)c6oc7ccccc7c6n3)c21)c45. The van der Waals surface area contributed by atoms with Crippen molar-refractivity contribution in [1.82, 2.24) is 23.5 Å². The quantitative estimate of drug-likeness (QED) is 0.179. The molecule has 6 aromatic heterocycles. The van der Waals surface area contributed by atoms with Crippen LogP contribution in [0.3, 0.4) is 0 Å². The Morgan fingerprint density at radius 2 is 0.982 bits per heavy atom. The molecule has 0 aliphatic carbocycles. The lowest BCUT2D eigenvalue weighted by Gasteiger charge is -2.12. The molecule has 0 fully saturated rings. The van der Waals surface area contributed by atoms with Gasteiger partial charge in [0, 0.05) is 53.9 Å². The lowest BCUT2D eigenvalue weighted by atomic mass is 10.0. The summed E-state index contributed by atoms with van der Waals surface area (Å²) in [6.07, 6.45) is 0. The van der Waals surface area contributed by atoms with Crippen LogP contribution in [-0.4, -0.2) is 23.5 Å². The fourth-order valence-electron chi connectivity index (χ4n) is 9.95. The smallest absolute Gasteiger partial charge is 0.237 e. The molecule has 0 bridgehead atoms. The first kappa shape index (κ1) is 28.8. The molecule has 56 heavy (non-hydrogen) atoms. The maximum Gasteiger partial charge on any atom is 0.237 e. The first-order valence-corrected chi connectivity index (χ1v) is 19.0. The van der Waals surface area contributed by atoms with Gasteiger partial charge in [-0.1, -0.05) is 121 Å². The predicted molar refractivity (Wildman–Crippen MR) is 230 cm³/mol. The van der Waals surface area contributed by atoms with E-state index in [1.165, 1.54) is 48.9 Å². The monoisotopic (exact) mass is 713 g/mol. The lowest BCUT2D eigenvalue weighted by molar-refractivity contribution is 0.661. The molecule has 0 aliphatic rings. The minimum absolute atomic E-state index is 0.596. The average Bonchev–Trinajstić information content (AvgIpc) is 4.05. The van der Waals surface area contributed by atoms with Crippen molar-refractivity contribution in [2.45, 2.75) is 0 Å². The van der Waals surface area contributed by atoms with Crippen LogP contribution >= 0.6 is 0 Å². The molecule has 0 spiro atoms. The molecule has 14 rings (SSSR count). The number of para-hydroxylation sites is 5. The minimum atomic E-state index is 0.596. The Balaban J connectivity index is 1.25. The van der Waals surface area contributed by atoms with Crippen LogP contribution in [0.1, 0.15) is 0 Å². The van der Waals surface area contributed by atoms with E-state index in [2.05, 4.69) is 165 Å². The Kier molecular flexibility index (Phi) is 5.18. The largest absolute Gasteiger partial charge is 0.450 e. The van der Waals surface area contributed by atoms with Gasteiger partial charge in [-0.15, -0.1) is 0 Å². The van der Waals surface area contributed by atoms with Gasteiger partial charge >= 0.3 is 0 Å². The van der Waals surface area contributed by atoms with Crippen molar-refractivity contribution >= 4 is 115 Å². The molecule has 0 atom stereocenters. The van der Waals surface area contributed by atoms with Gasteiger partial charge in [0.15, 0.2) is 11.4 Å². The summed E-state index contributed by atoms with van der Waals surface area (Å²) in [6.45, 7) is 0. The van der Waals surface area contributed by atoms with Gasteiger partial charge in [0.1, 0.15) is 11.1 Å². The van der Waals surface area contributed by atoms with Crippen LogP contribution in [0, 0.1) is 0 Å². The molecule has 6 nitrogen and oxygen atoms in total. The van der Waals surface area contributed by atoms with E-state index in [0.29, 0.717) is 17.3 Å². The van der Waals surface area contributed by atoms with E-state index in [9.17, 15) is 0 Å². The number of hydrogen-bond donors (Lipinski definition) is 0. The highest BCUT2D eigenvalue weighted by Crippen LogP contribution is 2.48. The summed E-state index contributed by atoms with van der Waals surface area (Å²) in [5, 5.41) is 12.9. The highest BCUT2D eigenvalue weighted by molar-refractivity contribution is 6.37. The van der Waals surface area contributed by atoms with Gasteiger partial charge in [0.05, 0.1) is 38.6 Å². The number of aromatic nitrogens is 5.